The molecule has 1 rings (SSSR count). The average Bonchev–Trinajstić information content (AvgIpc) is 2.83. The number of carbonyl (C=O) groups excluding carboxylic acids is 1. The fourth-order valence-electron chi connectivity index (χ4n) is 1.53. The van der Waals surface area contributed by atoms with Crippen molar-refractivity contribution in [1.29, 1.82) is 0 Å². The van der Waals surface area contributed by atoms with E-state index in [0.717, 1.165) is 13.1 Å². The van der Waals surface area contributed by atoms with Crippen LogP contribution in [-0.4, -0.2) is 57.5 Å². The van der Waals surface area contributed by atoms with Gasteiger partial charge in [-0.1, -0.05) is 0 Å². The van der Waals surface area contributed by atoms with Gasteiger partial charge in [-0.25, -0.2) is 9.78 Å². The van der Waals surface area contributed by atoms with Gasteiger partial charge >= 0.3 is 6.09 Å². The van der Waals surface area contributed by atoms with Gasteiger partial charge in [-0.15, -0.1) is 0 Å². The summed E-state index contributed by atoms with van der Waals surface area (Å²) in [5.41, 5.74) is -0.466. The van der Waals surface area contributed by atoms with E-state index < -0.39 is 5.60 Å². The van der Waals surface area contributed by atoms with Crippen LogP contribution in [0.3, 0.4) is 0 Å². The largest absolute Gasteiger partial charge is 0.444 e. The molecular formula is C13H25N5O2. The minimum Gasteiger partial charge on any atom is -0.444 e. The molecule has 1 atom stereocenters. The van der Waals surface area contributed by atoms with Gasteiger partial charge in [0.05, 0.1) is 6.54 Å². The minimum atomic E-state index is -0.466. The lowest BCUT2D eigenvalue weighted by atomic mass is 10.2. The van der Waals surface area contributed by atoms with Crippen molar-refractivity contribution in [2.24, 2.45) is 0 Å². The Morgan fingerprint density at radius 1 is 1.50 bits per heavy atom. The summed E-state index contributed by atoms with van der Waals surface area (Å²) in [6.07, 6.45) is 2.83. The van der Waals surface area contributed by atoms with Gasteiger partial charge in [-0.3, -0.25) is 4.68 Å². The highest BCUT2D eigenvalue weighted by Crippen LogP contribution is 2.06. The maximum atomic E-state index is 11.6. The number of nitrogens with one attached hydrogen (secondary N) is 1. The fourth-order valence-corrected chi connectivity index (χ4v) is 1.53. The second-order valence-corrected chi connectivity index (χ2v) is 5.87. The zero-order valence-corrected chi connectivity index (χ0v) is 13.0. The first-order valence-electron chi connectivity index (χ1n) is 6.77. The summed E-state index contributed by atoms with van der Waals surface area (Å²) in [4.78, 5) is 17.6. The van der Waals surface area contributed by atoms with Crippen LogP contribution in [0.5, 0.6) is 0 Å². The number of nitrogens with zero attached hydrogens (tertiary/aromatic N) is 4. The SMILES string of the molecule is C[C@H](CNC(=O)OC(C)(C)C)N(C)CCn1cncn1. The Morgan fingerprint density at radius 3 is 2.75 bits per heavy atom. The number of likely N-dealkylation sites (N-methyl/N-ethyl adjacent to an activating group) is 1. The predicted molar refractivity (Wildman–Crippen MR) is 76.4 cm³/mol. The summed E-state index contributed by atoms with van der Waals surface area (Å²) >= 11 is 0. The predicted octanol–water partition coefficient (Wildman–Crippen LogP) is 1.12. The number of carbonyl (C=O) groups is 1. The van der Waals surface area contributed by atoms with E-state index >= 15 is 0 Å². The van der Waals surface area contributed by atoms with Gasteiger partial charge in [-0.2, -0.15) is 5.10 Å². The van der Waals surface area contributed by atoms with Crippen molar-refractivity contribution >= 4 is 6.09 Å². The molecule has 1 heterocycles. The molecule has 0 saturated heterocycles. The van der Waals surface area contributed by atoms with Gasteiger partial charge in [-0.05, 0) is 34.7 Å². The molecule has 1 N–H and O–H groups in total. The summed E-state index contributed by atoms with van der Waals surface area (Å²) in [6, 6.07) is 0.214. The van der Waals surface area contributed by atoms with E-state index in [2.05, 4.69) is 27.2 Å². The molecule has 0 aliphatic rings. The van der Waals surface area contributed by atoms with Crippen LogP contribution in [0.2, 0.25) is 0 Å². The quantitative estimate of drug-likeness (QED) is 0.847. The zero-order chi connectivity index (χ0) is 15.2. The van der Waals surface area contributed by atoms with Gasteiger partial charge in [0.25, 0.3) is 0 Å². The van der Waals surface area contributed by atoms with Crippen LogP contribution in [0.4, 0.5) is 4.79 Å². The molecule has 1 amide bonds. The Balaban J connectivity index is 2.24. The number of ether oxygens (including phenoxy) is 1. The van der Waals surface area contributed by atoms with E-state index in [1.165, 1.54) is 6.33 Å². The highest BCUT2D eigenvalue weighted by molar-refractivity contribution is 5.67. The lowest BCUT2D eigenvalue weighted by Crippen LogP contribution is -2.42. The number of alkyl carbamates (subject to hydrolysis) is 1. The first-order chi connectivity index (χ1) is 9.28. The monoisotopic (exact) mass is 283 g/mol. The Labute approximate surface area is 120 Å². The molecule has 1 aromatic heterocycles. The molecule has 1 aromatic rings. The van der Waals surface area contributed by atoms with E-state index in [1.807, 2.05) is 27.8 Å². The van der Waals surface area contributed by atoms with Crippen molar-refractivity contribution in [3.63, 3.8) is 0 Å². The Morgan fingerprint density at radius 2 is 2.20 bits per heavy atom. The summed E-state index contributed by atoms with van der Waals surface area (Å²) in [5.74, 6) is 0. The first-order valence-corrected chi connectivity index (χ1v) is 6.77. The van der Waals surface area contributed by atoms with E-state index in [-0.39, 0.29) is 12.1 Å². The Bertz CT molecular complexity index is 399. The number of hydrogen-bond acceptors (Lipinski definition) is 5. The molecule has 0 fully saturated rings. The van der Waals surface area contributed by atoms with Gasteiger partial charge in [0.15, 0.2) is 0 Å². The third-order valence-corrected chi connectivity index (χ3v) is 2.84. The molecular weight excluding hydrogens is 258 g/mol. The van der Waals surface area contributed by atoms with Crippen LogP contribution in [0.1, 0.15) is 27.7 Å². The molecule has 7 heteroatoms. The second-order valence-electron chi connectivity index (χ2n) is 5.87. The van der Waals surface area contributed by atoms with E-state index in [4.69, 9.17) is 4.74 Å². The molecule has 0 aliphatic heterocycles. The zero-order valence-electron chi connectivity index (χ0n) is 13.0. The number of rotatable bonds is 6. The van der Waals surface area contributed by atoms with Gasteiger partial charge < -0.3 is 15.0 Å². The fraction of sp³-hybridized carbons (Fsp3) is 0.769. The van der Waals surface area contributed by atoms with Crippen LogP contribution in [0, 0.1) is 0 Å². The van der Waals surface area contributed by atoms with Crippen LogP contribution in [0.15, 0.2) is 12.7 Å². The van der Waals surface area contributed by atoms with Crippen molar-refractivity contribution < 1.29 is 9.53 Å². The van der Waals surface area contributed by atoms with Crippen molar-refractivity contribution in [1.82, 2.24) is 25.0 Å². The van der Waals surface area contributed by atoms with Crippen LogP contribution < -0.4 is 5.32 Å². The van der Waals surface area contributed by atoms with Gasteiger partial charge in [0.2, 0.25) is 0 Å². The van der Waals surface area contributed by atoms with Crippen molar-refractivity contribution in [3.8, 4) is 0 Å². The van der Waals surface area contributed by atoms with Gasteiger partial charge in [0.1, 0.15) is 18.3 Å². The van der Waals surface area contributed by atoms with E-state index in [9.17, 15) is 4.79 Å². The molecule has 0 unspecified atom stereocenters. The molecule has 0 spiro atoms. The highest BCUT2D eigenvalue weighted by atomic mass is 16.6. The van der Waals surface area contributed by atoms with Crippen LogP contribution in [-0.2, 0) is 11.3 Å². The molecule has 0 saturated carbocycles. The smallest absolute Gasteiger partial charge is 0.407 e. The highest BCUT2D eigenvalue weighted by Gasteiger charge is 2.17. The third-order valence-electron chi connectivity index (χ3n) is 2.84. The summed E-state index contributed by atoms with van der Waals surface area (Å²) in [6.45, 7) is 9.75. The van der Waals surface area contributed by atoms with Gasteiger partial charge in [0, 0.05) is 19.1 Å². The number of amides is 1. The van der Waals surface area contributed by atoms with Crippen molar-refractivity contribution in [2.45, 2.75) is 45.9 Å². The van der Waals surface area contributed by atoms with Crippen LogP contribution >= 0.6 is 0 Å². The molecule has 0 radical (unpaired) electrons. The van der Waals surface area contributed by atoms with Crippen molar-refractivity contribution in [2.75, 3.05) is 20.1 Å². The minimum absolute atomic E-state index is 0.214. The van der Waals surface area contributed by atoms with Crippen molar-refractivity contribution in [3.05, 3.63) is 12.7 Å². The van der Waals surface area contributed by atoms with E-state index in [1.54, 1.807) is 11.0 Å². The lowest BCUT2D eigenvalue weighted by molar-refractivity contribution is 0.0513. The summed E-state index contributed by atoms with van der Waals surface area (Å²) in [5, 5.41) is 6.83. The van der Waals surface area contributed by atoms with Crippen LogP contribution in [0.25, 0.3) is 0 Å². The Hall–Kier alpha value is -1.63. The molecule has 0 bridgehead atoms. The maximum Gasteiger partial charge on any atom is 0.407 e. The summed E-state index contributed by atoms with van der Waals surface area (Å²) in [7, 11) is 2.01. The number of hydrogen-bond donors (Lipinski definition) is 1. The molecule has 20 heavy (non-hydrogen) atoms. The topological polar surface area (TPSA) is 72.3 Å². The average molecular weight is 283 g/mol. The molecule has 0 aromatic carbocycles. The van der Waals surface area contributed by atoms with E-state index in [0.29, 0.717) is 6.54 Å². The molecule has 0 aliphatic carbocycles. The summed E-state index contributed by atoms with van der Waals surface area (Å²) < 4.78 is 6.98. The third kappa shape index (κ3) is 6.51. The lowest BCUT2D eigenvalue weighted by Gasteiger charge is -2.26. The number of aromatic nitrogens is 3. The Kier molecular flexibility index (Phi) is 5.94. The standard InChI is InChI=1S/C13H25N5O2/c1-11(8-15-12(19)20-13(2,3)4)17(5)6-7-18-10-14-9-16-18/h9-11H,6-8H2,1-5H3,(H,15,19)/t11-/m1/s1. The molecule has 7 nitrogen and oxygen atoms in total. The first kappa shape index (κ1) is 16.4. The molecule has 114 valence electrons. The normalized spacial score (nSPS) is 13.3. The second kappa shape index (κ2) is 7.23. The maximum absolute atomic E-state index is 11.6.